The predicted octanol–water partition coefficient (Wildman–Crippen LogP) is 8.14. The number of rotatable bonds is 12. The highest BCUT2D eigenvalue weighted by Crippen LogP contribution is 2.33. The molecular formula is C42H56F4N6O2S2. The third-order valence-electron chi connectivity index (χ3n) is 12.1. The number of hydrogen-bond donors (Lipinski definition) is 1. The van der Waals surface area contributed by atoms with Crippen LogP contribution in [0.5, 0.6) is 0 Å². The highest BCUT2D eigenvalue weighted by Gasteiger charge is 2.36. The monoisotopic (exact) mass is 816 g/mol. The van der Waals surface area contributed by atoms with E-state index in [4.69, 9.17) is 18.0 Å². The van der Waals surface area contributed by atoms with E-state index in [1.54, 1.807) is 18.2 Å². The van der Waals surface area contributed by atoms with Crippen molar-refractivity contribution in [3.05, 3.63) is 63.2 Å². The van der Waals surface area contributed by atoms with Crippen LogP contribution < -0.4 is 5.73 Å². The lowest BCUT2D eigenvalue weighted by atomic mass is 9.84. The quantitative estimate of drug-likeness (QED) is 0.132. The van der Waals surface area contributed by atoms with E-state index in [9.17, 15) is 27.2 Å². The molecule has 0 aromatic heterocycles. The molecule has 2 aromatic carbocycles. The van der Waals surface area contributed by atoms with E-state index in [1.165, 1.54) is 6.07 Å². The van der Waals surface area contributed by atoms with Crippen molar-refractivity contribution in [1.82, 2.24) is 19.6 Å². The Bertz CT molecular complexity index is 1780. The molecule has 306 valence electrons. The summed E-state index contributed by atoms with van der Waals surface area (Å²) in [5.74, 6) is 0.987. The maximum atomic E-state index is 13.5. The maximum Gasteiger partial charge on any atom is 0.263 e. The average Bonchev–Trinajstić information content (AvgIpc) is 3.10. The van der Waals surface area contributed by atoms with E-state index in [1.807, 2.05) is 23.6 Å². The van der Waals surface area contributed by atoms with Crippen molar-refractivity contribution < 1.29 is 27.2 Å². The highest BCUT2D eigenvalue weighted by molar-refractivity contribution is 7.80. The van der Waals surface area contributed by atoms with Crippen LogP contribution in [0.25, 0.3) is 0 Å². The molecular weight excluding hydrogens is 761 g/mol. The van der Waals surface area contributed by atoms with Gasteiger partial charge in [-0.05, 0) is 118 Å². The number of carbonyl (C=O) groups excluding carboxylic acids is 2. The van der Waals surface area contributed by atoms with E-state index in [0.29, 0.717) is 43.2 Å². The normalized spacial score (nSPS) is 20.9. The number of alkyl halides is 4. The summed E-state index contributed by atoms with van der Waals surface area (Å²) in [5, 5.41) is 2.27. The minimum absolute atomic E-state index is 0.0345. The van der Waals surface area contributed by atoms with Crippen molar-refractivity contribution >= 4 is 52.0 Å². The number of nitrogens with two attached hydrogens (primary N) is 1. The number of amides is 2. The number of hydrogen-bond acceptors (Lipinski definition) is 8. The Balaban J connectivity index is 0.000000215. The molecule has 2 heterocycles. The molecule has 56 heavy (non-hydrogen) atoms. The summed E-state index contributed by atoms with van der Waals surface area (Å²) < 4.78 is 53.4. The van der Waals surface area contributed by atoms with E-state index < -0.39 is 12.9 Å². The summed E-state index contributed by atoms with van der Waals surface area (Å²) >= 11 is 9.88. The van der Waals surface area contributed by atoms with Crippen molar-refractivity contribution in [3.63, 3.8) is 0 Å². The smallest absolute Gasteiger partial charge is 0.263 e. The van der Waals surface area contributed by atoms with Gasteiger partial charge >= 0.3 is 0 Å². The van der Waals surface area contributed by atoms with Crippen molar-refractivity contribution in [3.8, 4) is 0 Å². The number of halogens is 4. The fourth-order valence-corrected chi connectivity index (χ4v) is 8.39. The molecule has 0 radical (unpaired) electrons. The summed E-state index contributed by atoms with van der Waals surface area (Å²) in [7, 11) is 0. The Hall–Kier alpha value is -3.13. The van der Waals surface area contributed by atoms with E-state index in [2.05, 4.69) is 46.0 Å². The third-order valence-corrected chi connectivity index (χ3v) is 12.5. The number of thiocarbonyl (C=S) groups is 2. The van der Waals surface area contributed by atoms with Crippen LogP contribution in [0.2, 0.25) is 0 Å². The minimum atomic E-state index is -2.56. The first-order chi connectivity index (χ1) is 26.7. The molecule has 2 aromatic rings. The Labute approximate surface area is 339 Å². The lowest BCUT2D eigenvalue weighted by Crippen LogP contribution is -2.55. The van der Waals surface area contributed by atoms with Crippen LogP contribution in [-0.2, 0) is 29.1 Å². The van der Waals surface area contributed by atoms with Gasteiger partial charge in [0.1, 0.15) is 0 Å². The number of aliphatic imine (C=N–C) groups is 1. The molecule has 0 spiro atoms. The first-order valence-corrected chi connectivity index (χ1v) is 20.7. The van der Waals surface area contributed by atoms with Gasteiger partial charge < -0.3 is 15.5 Å². The van der Waals surface area contributed by atoms with E-state index >= 15 is 0 Å². The fraction of sp³-hybridized carbons (Fsp3) is 0.619. The zero-order valence-corrected chi connectivity index (χ0v) is 34.7. The first kappa shape index (κ1) is 44.0. The fourth-order valence-electron chi connectivity index (χ4n) is 8.13. The molecule has 8 nitrogen and oxygen atoms in total. The van der Waals surface area contributed by atoms with Gasteiger partial charge in [-0.15, -0.1) is 0 Å². The molecule has 2 amide bonds. The number of carbonyl (C=O) groups is 2. The third kappa shape index (κ3) is 10.9. The van der Waals surface area contributed by atoms with Crippen LogP contribution in [-0.4, -0.2) is 99.3 Å². The van der Waals surface area contributed by atoms with Crippen LogP contribution >= 0.6 is 24.4 Å². The Kier molecular flexibility index (Phi) is 15.7. The second-order valence-corrected chi connectivity index (χ2v) is 16.8. The Morgan fingerprint density at radius 1 is 0.768 bits per heavy atom. The zero-order chi connectivity index (χ0) is 40.7. The summed E-state index contributed by atoms with van der Waals surface area (Å²) in [6.45, 7) is 13.8. The van der Waals surface area contributed by atoms with Gasteiger partial charge in [-0.25, -0.2) is 17.6 Å². The molecule has 2 aliphatic heterocycles. The average molecular weight is 817 g/mol. The maximum absolute atomic E-state index is 13.5. The van der Waals surface area contributed by atoms with Crippen LogP contribution in [0, 0.1) is 25.7 Å². The minimum Gasteiger partial charge on any atom is -0.337 e. The number of piperazine rings is 2. The van der Waals surface area contributed by atoms with Crippen LogP contribution in [0.4, 0.5) is 23.2 Å². The van der Waals surface area contributed by atoms with Crippen molar-refractivity contribution in [2.24, 2.45) is 22.6 Å². The Morgan fingerprint density at radius 2 is 1.21 bits per heavy atom. The largest absolute Gasteiger partial charge is 0.337 e. The van der Waals surface area contributed by atoms with Gasteiger partial charge in [0.05, 0.1) is 10.8 Å². The van der Waals surface area contributed by atoms with Gasteiger partial charge in [-0.1, -0.05) is 25.1 Å². The summed E-state index contributed by atoms with van der Waals surface area (Å²) in [6, 6.07) is 6.37. The standard InChI is InChI=1S/C22H31F2N3OS.C20H25F2N3OS/c1-14-12-26(6-7-27(14)22(28)16-4-3-5-16)13-19-9-18(21(23)24)8-17(15(19)2)10-20(29)11-25;1-13-10-24(6-7-25(13)20(26)15-4-3-5-15)11-17-8-16(19(21)22)9-18(14(17)2)23-12-27/h8-9,14,16,21H,3-7,10-13,25H2,1-2H3;8-9,13,15,19H,3-7,10-11H2,1-2H3/t14-;13-/m00/s1. The second kappa shape index (κ2) is 20.0. The van der Waals surface area contributed by atoms with Gasteiger partial charge in [0, 0.05) is 105 Å². The topological polar surface area (TPSA) is 85.5 Å². The van der Waals surface area contributed by atoms with Crippen LogP contribution in [0.1, 0.15) is 104 Å². The summed E-state index contributed by atoms with van der Waals surface area (Å²) in [5.41, 5.74) is 10.5. The van der Waals surface area contributed by atoms with Gasteiger partial charge in [0.2, 0.25) is 11.8 Å². The molecule has 0 unspecified atom stereocenters. The number of isothiocyanates is 1. The molecule has 2 atom stereocenters. The molecule has 6 rings (SSSR count). The second-order valence-electron chi connectivity index (χ2n) is 16.0. The van der Waals surface area contributed by atoms with E-state index in [-0.39, 0.29) is 53.4 Å². The SMILES string of the molecule is Cc1c(CC(=S)CN)cc(C(F)F)cc1CN1CCN(C(=O)C2CCC2)[C@@H](C)C1.Cc1c(CN2CCN(C(=O)C3CCC3)[C@@H](C)C2)cc(C(F)F)cc1N=C=S. The predicted molar refractivity (Wildman–Crippen MR) is 220 cm³/mol. The van der Waals surface area contributed by atoms with Crippen molar-refractivity contribution in [1.29, 1.82) is 0 Å². The Morgan fingerprint density at radius 3 is 1.61 bits per heavy atom. The van der Waals surface area contributed by atoms with Gasteiger partial charge in [-0.3, -0.25) is 19.4 Å². The molecule has 14 heteroatoms. The van der Waals surface area contributed by atoms with Crippen LogP contribution in [0.3, 0.4) is 0 Å². The lowest BCUT2D eigenvalue weighted by molar-refractivity contribution is -0.143. The van der Waals surface area contributed by atoms with Gasteiger partial charge in [0.15, 0.2) is 0 Å². The number of nitrogens with zero attached hydrogens (tertiary/aromatic N) is 5. The molecule has 4 aliphatic rings. The number of benzene rings is 2. The molecule has 2 saturated heterocycles. The van der Waals surface area contributed by atoms with Crippen LogP contribution in [0.15, 0.2) is 29.3 Å². The van der Waals surface area contributed by atoms with Gasteiger partial charge in [0.25, 0.3) is 12.9 Å². The molecule has 0 bridgehead atoms. The highest BCUT2D eigenvalue weighted by atomic mass is 32.1. The molecule has 2 N–H and O–H groups in total. The van der Waals surface area contributed by atoms with Crippen molar-refractivity contribution in [2.75, 3.05) is 45.8 Å². The van der Waals surface area contributed by atoms with Gasteiger partial charge in [-0.2, -0.15) is 4.99 Å². The summed E-state index contributed by atoms with van der Waals surface area (Å²) in [6.07, 6.45) is 1.72. The zero-order valence-electron chi connectivity index (χ0n) is 33.0. The molecule has 2 saturated carbocycles. The van der Waals surface area contributed by atoms with Crippen molar-refractivity contribution in [2.45, 2.75) is 111 Å². The molecule has 2 aliphatic carbocycles. The lowest BCUT2D eigenvalue weighted by Gasteiger charge is -2.42. The first-order valence-electron chi connectivity index (χ1n) is 19.9. The van der Waals surface area contributed by atoms with E-state index in [0.717, 1.165) is 92.5 Å². The molecule has 4 fully saturated rings. The summed E-state index contributed by atoms with van der Waals surface area (Å²) in [4.78, 5) is 38.2.